The van der Waals surface area contributed by atoms with Crippen molar-refractivity contribution in [3.63, 3.8) is 0 Å². The Bertz CT molecular complexity index is 511. The van der Waals surface area contributed by atoms with Crippen molar-refractivity contribution in [1.29, 1.82) is 0 Å². The summed E-state index contributed by atoms with van der Waals surface area (Å²) in [6, 6.07) is 4.84. The normalized spacial score (nSPS) is 12.3. The van der Waals surface area contributed by atoms with Crippen LogP contribution < -0.4 is 0 Å². The van der Waals surface area contributed by atoms with Gasteiger partial charge in [-0.15, -0.1) is 0 Å². The lowest BCUT2D eigenvalue weighted by Crippen LogP contribution is -2.10. The highest BCUT2D eigenvalue weighted by atomic mass is 19.1. The number of benzene rings is 1. The number of hydrogen-bond acceptors (Lipinski definition) is 2. The molecule has 0 saturated carbocycles. The molecule has 2 aromatic rings. The molecule has 1 aromatic heterocycles. The Balaban J connectivity index is 2.81. The fourth-order valence-electron chi connectivity index (χ4n) is 1.69. The average molecular weight is 208 g/mol. The molecule has 15 heavy (non-hydrogen) atoms. The summed E-state index contributed by atoms with van der Waals surface area (Å²) in [4.78, 5) is 0. The van der Waals surface area contributed by atoms with Crippen molar-refractivity contribution in [2.75, 3.05) is 0 Å². The van der Waals surface area contributed by atoms with E-state index in [1.165, 1.54) is 13.8 Å². The predicted molar refractivity (Wildman–Crippen MR) is 56.5 cm³/mol. The molecule has 0 aliphatic heterocycles. The second kappa shape index (κ2) is 2.95. The molecule has 0 spiro atoms. The zero-order valence-corrected chi connectivity index (χ0v) is 8.95. The highest BCUT2D eigenvalue weighted by molar-refractivity contribution is 5.84. The van der Waals surface area contributed by atoms with Crippen LogP contribution in [0.3, 0.4) is 0 Å². The van der Waals surface area contributed by atoms with Gasteiger partial charge in [-0.2, -0.15) is 5.10 Å². The summed E-state index contributed by atoms with van der Waals surface area (Å²) in [5.41, 5.74) is -0.336. The van der Waals surface area contributed by atoms with Gasteiger partial charge < -0.3 is 5.11 Å². The second-order valence-electron chi connectivity index (χ2n) is 4.15. The number of aryl methyl sites for hydroxylation is 1. The zero-order chi connectivity index (χ0) is 11.2. The molecule has 3 nitrogen and oxygen atoms in total. The van der Waals surface area contributed by atoms with Gasteiger partial charge in [0.05, 0.1) is 5.52 Å². The van der Waals surface area contributed by atoms with Gasteiger partial charge >= 0.3 is 0 Å². The quantitative estimate of drug-likeness (QED) is 0.781. The van der Waals surface area contributed by atoms with Crippen LogP contribution in [0.1, 0.15) is 19.5 Å². The first-order valence-electron chi connectivity index (χ1n) is 4.75. The summed E-state index contributed by atoms with van der Waals surface area (Å²) in [5.74, 6) is 0.126. The molecule has 1 N–H and O–H groups in total. The SMILES string of the molecule is Cn1nc(C(C)(C)F)c2cc(O)ccc21. The van der Waals surface area contributed by atoms with Gasteiger partial charge in [-0.05, 0) is 32.0 Å². The maximum atomic E-state index is 13.8. The van der Waals surface area contributed by atoms with Crippen LogP contribution in [-0.2, 0) is 12.7 Å². The number of phenols is 1. The van der Waals surface area contributed by atoms with Gasteiger partial charge in [0.25, 0.3) is 0 Å². The fraction of sp³-hybridized carbons (Fsp3) is 0.364. The van der Waals surface area contributed by atoms with Gasteiger partial charge in [-0.25, -0.2) is 4.39 Å². The maximum absolute atomic E-state index is 13.8. The number of fused-ring (bicyclic) bond motifs is 1. The van der Waals surface area contributed by atoms with Crippen molar-refractivity contribution < 1.29 is 9.50 Å². The van der Waals surface area contributed by atoms with Crippen LogP contribution in [0.25, 0.3) is 10.9 Å². The Morgan fingerprint density at radius 3 is 2.67 bits per heavy atom. The third-order valence-electron chi connectivity index (χ3n) is 2.40. The van der Waals surface area contributed by atoms with E-state index in [1.54, 1.807) is 29.9 Å². The molecule has 4 heteroatoms. The van der Waals surface area contributed by atoms with Crippen molar-refractivity contribution >= 4 is 10.9 Å². The van der Waals surface area contributed by atoms with Crippen LogP contribution in [0, 0.1) is 0 Å². The minimum atomic E-state index is -1.51. The summed E-state index contributed by atoms with van der Waals surface area (Å²) < 4.78 is 15.5. The molecule has 0 unspecified atom stereocenters. The van der Waals surface area contributed by atoms with Gasteiger partial charge in [0.1, 0.15) is 17.1 Å². The van der Waals surface area contributed by atoms with E-state index in [0.29, 0.717) is 11.1 Å². The van der Waals surface area contributed by atoms with Gasteiger partial charge in [0, 0.05) is 12.4 Å². The average Bonchev–Trinajstić information content (AvgIpc) is 2.42. The highest BCUT2D eigenvalue weighted by Crippen LogP contribution is 2.32. The van der Waals surface area contributed by atoms with E-state index >= 15 is 0 Å². The number of alkyl halides is 1. The molecule has 1 heterocycles. The summed E-state index contributed by atoms with van der Waals surface area (Å²) in [6.07, 6.45) is 0. The molecular weight excluding hydrogens is 195 g/mol. The fourth-order valence-corrected chi connectivity index (χ4v) is 1.69. The third-order valence-corrected chi connectivity index (χ3v) is 2.40. The van der Waals surface area contributed by atoms with E-state index in [1.807, 2.05) is 0 Å². The standard InChI is InChI=1S/C11H13FN2O/c1-11(2,12)10-8-6-7(15)4-5-9(8)14(3)13-10/h4-6,15H,1-3H3. The minimum absolute atomic E-state index is 0.126. The van der Waals surface area contributed by atoms with Crippen molar-refractivity contribution in [3.8, 4) is 5.75 Å². The van der Waals surface area contributed by atoms with Crippen LogP contribution >= 0.6 is 0 Å². The smallest absolute Gasteiger partial charge is 0.149 e. The van der Waals surface area contributed by atoms with Crippen LogP contribution in [0.2, 0.25) is 0 Å². The Kier molecular flexibility index (Phi) is 1.96. The molecule has 0 atom stereocenters. The number of aromatic hydroxyl groups is 1. The first-order valence-corrected chi connectivity index (χ1v) is 4.75. The van der Waals surface area contributed by atoms with Crippen LogP contribution in [0.15, 0.2) is 18.2 Å². The Hall–Kier alpha value is -1.58. The van der Waals surface area contributed by atoms with Crippen molar-refractivity contribution in [3.05, 3.63) is 23.9 Å². The number of hydrogen-bond donors (Lipinski definition) is 1. The van der Waals surface area contributed by atoms with E-state index in [2.05, 4.69) is 5.10 Å². The minimum Gasteiger partial charge on any atom is -0.508 e. The molecule has 0 bridgehead atoms. The molecule has 0 radical (unpaired) electrons. The largest absolute Gasteiger partial charge is 0.508 e. The monoisotopic (exact) mass is 208 g/mol. The lowest BCUT2D eigenvalue weighted by atomic mass is 10.0. The van der Waals surface area contributed by atoms with Gasteiger partial charge in [-0.1, -0.05) is 0 Å². The van der Waals surface area contributed by atoms with Crippen molar-refractivity contribution in [1.82, 2.24) is 9.78 Å². The number of halogens is 1. The Morgan fingerprint density at radius 2 is 2.07 bits per heavy atom. The van der Waals surface area contributed by atoms with Crippen molar-refractivity contribution in [2.24, 2.45) is 7.05 Å². The first kappa shape index (κ1) is 9.96. The van der Waals surface area contributed by atoms with Crippen LogP contribution in [0.4, 0.5) is 4.39 Å². The van der Waals surface area contributed by atoms with E-state index < -0.39 is 5.67 Å². The Labute approximate surface area is 87.1 Å². The van der Waals surface area contributed by atoms with Gasteiger partial charge in [0.15, 0.2) is 0 Å². The maximum Gasteiger partial charge on any atom is 0.149 e. The highest BCUT2D eigenvalue weighted by Gasteiger charge is 2.25. The van der Waals surface area contributed by atoms with Gasteiger partial charge in [0.2, 0.25) is 0 Å². The molecule has 0 aliphatic carbocycles. The zero-order valence-electron chi connectivity index (χ0n) is 8.95. The molecule has 0 fully saturated rings. The molecule has 0 saturated heterocycles. The number of rotatable bonds is 1. The number of nitrogens with zero attached hydrogens (tertiary/aromatic N) is 2. The molecule has 0 amide bonds. The van der Waals surface area contributed by atoms with Crippen LogP contribution in [-0.4, -0.2) is 14.9 Å². The molecular formula is C11H13FN2O. The van der Waals surface area contributed by atoms with Gasteiger partial charge in [-0.3, -0.25) is 4.68 Å². The van der Waals surface area contributed by atoms with E-state index in [9.17, 15) is 9.50 Å². The number of aromatic nitrogens is 2. The van der Waals surface area contributed by atoms with E-state index in [4.69, 9.17) is 0 Å². The molecule has 2 rings (SSSR count). The van der Waals surface area contributed by atoms with Crippen molar-refractivity contribution in [2.45, 2.75) is 19.5 Å². The third kappa shape index (κ3) is 1.56. The topological polar surface area (TPSA) is 38.0 Å². The summed E-state index contributed by atoms with van der Waals surface area (Å²) in [6.45, 7) is 2.91. The molecule has 0 aliphatic rings. The van der Waals surface area contributed by atoms with E-state index in [-0.39, 0.29) is 5.75 Å². The number of phenolic OH excluding ortho intramolecular Hbond substituents is 1. The first-order chi connectivity index (χ1) is 6.89. The Morgan fingerprint density at radius 1 is 1.40 bits per heavy atom. The molecule has 1 aromatic carbocycles. The van der Waals surface area contributed by atoms with Crippen LogP contribution in [0.5, 0.6) is 5.75 Å². The lowest BCUT2D eigenvalue weighted by Gasteiger charge is -2.10. The molecule has 80 valence electrons. The summed E-state index contributed by atoms with van der Waals surface area (Å²) >= 11 is 0. The summed E-state index contributed by atoms with van der Waals surface area (Å²) in [5, 5.41) is 14.2. The second-order valence-corrected chi connectivity index (χ2v) is 4.15. The lowest BCUT2D eigenvalue weighted by molar-refractivity contribution is 0.215. The predicted octanol–water partition coefficient (Wildman–Crippen LogP) is 2.48. The van der Waals surface area contributed by atoms with E-state index in [0.717, 1.165) is 5.52 Å². The summed E-state index contributed by atoms with van der Waals surface area (Å²) in [7, 11) is 1.76.